The second kappa shape index (κ2) is 8.82. The number of benzene rings is 3. The summed E-state index contributed by atoms with van der Waals surface area (Å²) >= 11 is 0. The van der Waals surface area contributed by atoms with Crippen molar-refractivity contribution in [3.05, 3.63) is 89.7 Å². The van der Waals surface area contributed by atoms with Gasteiger partial charge in [0.1, 0.15) is 5.82 Å². The minimum Gasteiger partial charge on any atom is -0.328 e. The molecule has 1 heterocycles. The maximum atomic E-state index is 12.3. The van der Waals surface area contributed by atoms with E-state index in [2.05, 4.69) is 46.4 Å². The molecule has 30 heavy (non-hydrogen) atoms. The molecule has 1 aromatic heterocycles. The number of anilines is 2. The predicted molar refractivity (Wildman–Crippen MR) is 123 cm³/mol. The van der Waals surface area contributed by atoms with Gasteiger partial charge in [-0.25, -0.2) is 9.78 Å². The summed E-state index contributed by atoms with van der Waals surface area (Å²) in [7, 11) is 0. The van der Waals surface area contributed by atoms with Crippen LogP contribution in [0.1, 0.15) is 23.9 Å². The van der Waals surface area contributed by atoms with Gasteiger partial charge in [0.15, 0.2) is 0 Å². The van der Waals surface area contributed by atoms with Crippen molar-refractivity contribution in [1.29, 1.82) is 0 Å². The molecule has 0 aliphatic rings. The molecule has 0 spiro atoms. The molecular formula is C25H26N4O. The zero-order valence-electron chi connectivity index (χ0n) is 17.4. The van der Waals surface area contributed by atoms with Gasteiger partial charge in [-0.1, -0.05) is 42.0 Å². The Bertz CT molecular complexity index is 1160. The molecule has 0 unspecified atom stereocenters. The second-order valence-corrected chi connectivity index (χ2v) is 7.41. The van der Waals surface area contributed by atoms with Crippen molar-refractivity contribution >= 4 is 28.4 Å². The molecule has 5 nitrogen and oxygen atoms in total. The summed E-state index contributed by atoms with van der Waals surface area (Å²) in [6, 6.07) is 23.7. The number of rotatable bonds is 6. The zero-order valence-corrected chi connectivity index (χ0v) is 17.4. The number of aromatic nitrogens is 2. The van der Waals surface area contributed by atoms with Gasteiger partial charge in [0.2, 0.25) is 0 Å². The van der Waals surface area contributed by atoms with Crippen molar-refractivity contribution in [3.8, 4) is 0 Å². The van der Waals surface area contributed by atoms with Gasteiger partial charge in [-0.15, -0.1) is 0 Å². The van der Waals surface area contributed by atoms with E-state index >= 15 is 0 Å². The topological polar surface area (TPSA) is 59.0 Å². The third kappa shape index (κ3) is 4.51. The van der Waals surface area contributed by atoms with E-state index < -0.39 is 0 Å². The number of carbonyl (C=O) groups excluding carboxylic acids is 1. The Labute approximate surface area is 176 Å². The van der Waals surface area contributed by atoms with Crippen LogP contribution in [0, 0.1) is 6.92 Å². The summed E-state index contributed by atoms with van der Waals surface area (Å²) in [6.45, 7) is 5.07. The smallest absolute Gasteiger partial charge is 0.323 e. The van der Waals surface area contributed by atoms with E-state index in [-0.39, 0.29) is 6.03 Å². The van der Waals surface area contributed by atoms with E-state index in [9.17, 15) is 4.79 Å². The van der Waals surface area contributed by atoms with Gasteiger partial charge in [-0.3, -0.25) is 0 Å². The van der Waals surface area contributed by atoms with Crippen LogP contribution in [0.15, 0.2) is 72.8 Å². The Morgan fingerprint density at radius 2 is 1.67 bits per heavy atom. The lowest BCUT2D eigenvalue weighted by Crippen LogP contribution is -2.19. The first kappa shape index (κ1) is 19.7. The zero-order chi connectivity index (χ0) is 20.9. The molecule has 0 atom stereocenters. The van der Waals surface area contributed by atoms with Crippen LogP contribution in [0.5, 0.6) is 0 Å². The minimum absolute atomic E-state index is 0.247. The molecule has 0 aliphatic carbocycles. The van der Waals surface area contributed by atoms with E-state index in [1.807, 2.05) is 55.5 Å². The van der Waals surface area contributed by atoms with Crippen molar-refractivity contribution in [3.63, 3.8) is 0 Å². The molecular weight excluding hydrogens is 372 g/mol. The van der Waals surface area contributed by atoms with Crippen molar-refractivity contribution in [1.82, 2.24) is 9.55 Å². The average molecular weight is 399 g/mol. The quantitative estimate of drug-likeness (QED) is 0.432. The number of carbonyl (C=O) groups is 1. The van der Waals surface area contributed by atoms with E-state index in [0.29, 0.717) is 0 Å². The number of imidazole rings is 1. The molecule has 2 N–H and O–H groups in total. The molecule has 0 fully saturated rings. The van der Waals surface area contributed by atoms with Crippen molar-refractivity contribution in [2.75, 3.05) is 10.6 Å². The van der Waals surface area contributed by atoms with Gasteiger partial charge < -0.3 is 15.2 Å². The molecule has 3 aromatic carbocycles. The summed E-state index contributed by atoms with van der Waals surface area (Å²) in [5, 5.41) is 5.78. The lowest BCUT2D eigenvalue weighted by molar-refractivity contribution is 0.262. The Morgan fingerprint density at radius 1 is 0.900 bits per heavy atom. The number of nitrogens with one attached hydrogen (secondary N) is 2. The highest BCUT2D eigenvalue weighted by molar-refractivity contribution is 5.99. The van der Waals surface area contributed by atoms with Gasteiger partial charge >= 0.3 is 6.03 Å². The number of aryl methyl sites for hydroxylation is 4. The van der Waals surface area contributed by atoms with E-state index in [1.54, 1.807) is 0 Å². The maximum Gasteiger partial charge on any atom is 0.323 e. The van der Waals surface area contributed by atoms with Crippen molar-refractivity contribution in [2.24, 2.45) is 0 Å². The van der Waals surface area contributed by atoms with Gasteiger partial charge in [-0.2, -0.15) is 0 Å². The Kier molecular flexibility index (Phi) is 5.80. The Balaban J connectivity index is 1.41. The Morgan fingerprint density at radius 3 is 2.47 bits per heavy atom. The molecule has 152 valence electrons. The standard InChI is InChI=1S/C25H26N4O/c1-3-29-23-10-5-4-9-22(23)28-24(29)16-13-19-7-6-8-21(17-19)27-25(30)26-20-14-11-18(2)12-15-20/h4-12,14-15,17H,3,13,16H2,1-2H3,(H2,26,27,30). The van der Waals surface area contributed by atoms with Crippen LogP contribution in [-0.2, 0) is 19.4 Å². The van der Waals surface area contributed by atoms with Crippen LogP contribution < -0.4 is 10.6 Å². The fraction of sp³-hybridized carbons (Fsp3) is 0.200. The minimum atomic E-state index is -0.247. The number of hydrogen-bond acceptors (Lipinski definition) is 2. The van der Waals surface area contributed by atoms with E-state index in [0.717, 1.165) is 53.2 Å². The number of para-hydroxylation sites is 2. The van der Waals surface area contributed by atoms with Crippen LogP contribution in [0.4, 0.5) is 16.2 Å². The molecule has 4 aromatic rings. The lowest BCUT2D eigenvalue weighted by atomic mass is 10.1. The monoisotopic (exact) mass is 398 g/mol. The molecule has 0 saturated heterocycles. The molecule has 0 saturated carbocycles. The number of amides is 2. The number of fused-ring (bicyclic) bond motifs is 1. The lowest BCUT2D eigenvalue weighted by Gasteiger charge is -2.10. The predicted octanol–water partition coefficient (Wildman–Crippen LogP) is 5.79. The van der Waals surface area contributed by atoms with Gasteiger partial charge in [0, 0.05) is 24.3 Å². The summed E-state index contributed by atoms with van der Waals surface area (Å²) in [6.07, 6.45) is 1.71. The van der Waals surface area contributed by atoms with Crippen LogP contribution in [0.25, 0.3) is 11.0 Å². The van der Waals surface area contributed by atoms with E-state index in [1.165, 1.54) is 5.52 Å². The first-order valence-corrected chi connectivity index (χ1v) is 10.3. The highest BCUT2D eigenvalue weighted by Crippen LogP contribution is 2.19. The second-order valence-electron chi connectivity index (χ2n) is 7.41. The van der Waals surface area contributed by atoms with Gasteiger partial charge in [0.25, 0.3) is 0 Å². The van der Waals surface area contributed by atoms with Crippen molar-refractivity contribution in [2.45, 2.75) is 33.2 Å². The summed E-state index contributed by atoms with van der Waals surface area (Å²) in [5.74, 6) is 1.09. The number of urea groups is 1. The molecule has 0 bridgehead atoms. The third-order valence-electron chi connectivity index (χ3n) is 5.18. The highest BCUT2D eigenvalue weighted by atomic mass is 16.2. The van der Waals surface area contributed by atoms with Gasteiger partial charge in [-0.05, 0) is 62.2 Å². The summed E-state index contributed by atoms with van der Waals surface area (Å²) in [5.41, 5.74) is 6.09. The molecule has 0 aliphatic heterocycles. The third-order valence-corrected chi connectivity index (χ3v) is 5.18. The summed E-state index contributed by atoms with van der Waals surface area (Å²) in [4.78, 5) is 17.1. The number of nitrogens with zero attached hydrogens (tertiary/aromatic N) is 2. The molecule has 0 radical (unpaired) electrons. The SMILES string of the molecule is CCn1c(CCc2cccc(NC(=O)Nc3ccc(C)cc3)c2)nc2ccccc21. The Hall–Kier alpha value is -3.60. The van der Waals surface area contributed by atoms with Crippen LogP contribution >= 0.6 is 0 Å². The molecule has 4 rings (SSSR count). The van der Waals surface area contributed by atoms with Crippen LogP contribution in [-0.4, -0.2) is 15.6 Å². The first-order chi connectivity index (χ1) is 14.6. The normalized spacial score (nSPS) is 10.9. The first-order valence-electron chi connectivity index (χ1n) is 10.3. The van der Waals surface area contributed by atoms with Gasteiger partial charge in [0.05, 0.1) is 11.0 Å². The van der Waals surface area contributed by atoms with E-state index in [4.69, 9.17) is 4.98 Å². The van der Waals surface area contributed by atoms with Crippen molar-refractivity contribution < 1.29 is 4.79 Å². The fourth-order valence-electron chi connectivity index (χ4n) is 3.66. The maximum absolute atomic E-state index is 12.3. The van der Waals surface area contributed by atoms with Crippen LogP contribution in [0.2, 0.25) is 0 Å². The molecule has 2 amide bonds. The average Bonchev–Trinajstić information content (AvgIpc) is 3.11. The fourth-order valence-corrected chi connectivity index (χ4v) is 3.66. The summed E-state index contributed by atoms with van der Waals surface area (Å²) < 4.78 is 2.27. The highest BCUT2D eigenvalue weighted by Gasteiger charge is 2.09. The molecule has 5 heteroatoms. The largest absolute Gasteiger partial charge is 0.328 e. The number of hydrogen-bond donors (Lipinski definition) is 2. The van der Waals surface area contributed by atoms with Crippen LogP contribution in [0.3, 0.4) is 0 Å².